The van der Waals surface area contributed by atoms with Crippen LogP contribution in [-0.4, -0.2) is 24.2 Å². The highest BCUT2D eigenvalue weighted by Crippen LogP contribution is 2.31. The second-order valence-corrected chi connectivity index (χ2v) is 3.62. The van der Waals surface area contributed by atoms with E-state index in [2.05, 4.69) is 9.97 Å². The summed E-state index contributed by atoms with van der Waals surface area (Å²) in [6.45, 7) is 0. The van der Waals surface area contributed by atoms with Crippen LogP contribution in [0.1, 0.15) is 0 Å². The lowest BCUT2D eigenvalue weighted by molar-refractivity contribution is 0.355. The molecule has 0 saturated heterocycles. The van der Waals surface area contributed by atoms with E-state index >= 15 is 0 Å². The first-order valence-corrected chi connectivity index (χ1v) is 5.33. The molecule has 2 rings (SSSR count). The van der Waals surface area contributed by atoms with Crippen molar-refractivity contribution in [1.82, 2.24) is 9.97 Å². The van der Waals surface area contributed by atoms with Gasteiger partial charge in [0.15, 0.2) is 11.5 Å². The fourth-order valence-corrected chi connectivity index (χ4v) is 1.64. The maximum atomic E-state index is 5.75. The summed E-state index contributed by atoms with van der Waals surface area (Å²) in [6.07, 6.45) is 1.61. The third-order valence-corrected chi connectivity index (χ3v) is 2.49. The Balaban J connectivity index is 2.46. The van der Waals surface area contributed by atoms with E-state index in [1.54, 1.807) is 26.5 Å². The van der Waals surface area contributed by atoms with Crippen molar-refractivity contribution in [2.45, 2.75) is 0 Å². The van der Waals surface area contributed by atoms with Gasteiger partial charge in [-0.25, -0.2) is 9.97 Å². The summed E-state index contributed by atoms with van der Waals surface area (Å²) >= 11 is 5.75. The molecule has 0 atom stereocenters. The molecule has 0 fully saturated rings. The lowest BCUT2D eigenvalue weighted by atomic mass is 10.1. The van der Waals surface area contributed by atoms with E-state index in [-0.39, 0.29) is 5.28 Å². The van der Waals surface area contributed by atoms with Gasteiger partial charge in [-0.1, -0.05) is 0 Å². The van der Waals surface area contributed by atoms with Gasteiger partial charge >= 0.3 is 0 Å². The third kappa shape index (κ3) is 2.47. The average molecular weight is 251 g/mol. The van der Waals surface area contributed by atoms with Gasteiger partial charge in [0.1, 0.15) is 0 Å². The van der Waals surface area contributed by atoms with Gasteiger partial charge in [-0.3, -0.25) is 0 Å². The summed E-state index contributed by atoms with van der Waals surface area (Å²) in [7, 11) is 3.19. The molecule has 0 saturated carbocycles. The number of benzene rings is 1. The Labute approximate surface area is 104 Å². The highest BCUT2D eigenvalue weighted by atomic mass is 35.5. The smallest absolute Gasteiger partial charge is 0.222 e. The van der Waals surface area contributed by atoms with Crippen LogP contribution in [0, 0.1) is 0 Å². The number of hydrogen-bond acceptors (Lipinski definition) is 4. The maximum absolute atomic E-state index is 5.75. The van der Waals surface area contributed by atoms with E-state index < -0.39 is 0 Å². The van der Waals surface area contributed by atoms with Crippen LogP contribution >= 0.6 is 11.6 Å². The van der Waals surface area contributed by atoms with Gasteiger partial charge in [0.2, 0.25) is 5.28 Å². The number of aromatic nitrogens is 2. The highest BCUT2D eigenvalue weighted by Gasteiger charge is 2.07. The zero-order valence-electron chi connectivity index (χ0n) is 9.48. The largest absolute Gasteiger partial charge is 0.493 e. The van der Waals surface area contributed by atoms with E-state index in [1.165, 1.54) is 0 Å². The summed E-state index contributed by atoms with van der Waals surface area (Å²) in [5.74, 6) is 1.33. The molecule has 0 radical (unpaired) electrons. The Morgan fingerprint density at radius 1 is 1.06 bits per heavy atom. The van der Waals surface area contributed by atoms with E-state index in [1.807, 2.05) is 18.2 Å². The van der Waals surface area contributed by atoms with E-state index in [4.69, 9.17) is 21.1 Å². The predicted molar refractivity (Wildman–Crippen MR) is 65.6 cm³/mol. The molecule has 0 spiro atoms. The van der Waals surface area contributed by atoms with Gasteiger partial charge in [0.05, 0.1) is 19.9 Å². The predicted octanol–water partition coefficient (Wildman–Crippen LogP) is 2.81. The molecule has 17 heavy (non-hydrogen) atoms. The molecule has 0 aliphatic heterocycles. The van der Waals surface area contributed by atoms with Crippen LogP contribution in [0.2, 0.25) is 5.28 Å². The number of nitrogens with zero attached hydrogens (tertiary/aromatic N) is 2. The fourth-order valence-electron chi connectivity index (χ4n) is 1.49. The normalized spacial score (nSPS) is 10.1. The second-order valence-electron chi connectivity index (χ2n) is 3.28. The summed E-state index contributed by atoms with van der Waals surface area (Å²) in [6, 6.07) is 7.34. The SMILES string of the molecule is COc1ccc(-c2ccnc(Cl)n2)cc1OC. The van der Waals surface area contributed by atoms with Gasteiger partial charge in [-0.05, 0) is 35.9 Å². The molecular formula is C12H11ClN2O2. The number of hydrogen-bond donors (Lipinski definition) is 0. The van der Waals surface area contributed by atoms with Crippen LogP contribution in [-0.2, 0) is 0 Å². The van der Waals surface area contributed by atoms with Gasteiger partial charge in [0.25, 0.3) is 0 Å². The number of rotatable bonds is 3. The summed E-state index contributed by atoms with van der Waals surface area (Å²) in [4.78, 5) is 7.97. The Bertz CT molecular complexity index is 532. The molecule has 5 heteroatoms. The van der Waals surface area contributed by atoms with Crippen LogP contribution in [0.25, 0.3) is 11.3 Å². The van der Waals surface area contributed by atoms with Crippen molar-refractivity contribution in [3.05, 3.63) is 35.7 Å². The summed E-state index contributed by atoms with van der Waals surface area (Å²) < 4.78 is 10.4. The number of ether oxygens (including phenoxy) is 2. The Kier molecular flexibility index (Phi) is 3.44. The van der Waals surface area contributed by atoms with Gasteiger partial charge in [0, 0.05) is 11.8 Å². The van der Waals surface area contributed by atoms with Gasteiger partial charge in [-0.15, -0.1) is 0 Å². The lowest BCUT2D eigenvalue weighted by Crippen LogP contribution is -1.92. The molecule has 0 aliphatic rings. The zero-order valence-corrected chi connectivity index (χ0v) is 10.2. The number of methoxy groups -OCH3 is 2. The average Bonchev–Trinajstić information content (AvgIpc) is 2.38. The molecule has 0 unspecified atom stereocenters. The Hall–Kier alpha value is -1.81. The van der Waals surface area contributed by atoms with Crippen molar-refractivity contribution in [1.29, 1.82) is 0 Å². The van der Waals surface area contributed by atoms with Crippen molar-refractivity contribution >= 4 is 11.6 Å². The fraction of sp³-hybridized carbons (Fsp3) is 0.167. The number of halogens is 1. The minimum Gasteiger partial charge on any atom is -0.493 e. The third-order valence-electron chi connectivity index (χ3n) is 2.31. The molecule has 0 aliphatic carbocycles. The van der Waals surface area contributed by atoms with Crippen molar-refractivity contribution in [2.24, 2.45) is 0 Å². The first-order valence-electron chi connectivity index (χ1n) is 4.95. The summed E-state index contributed by atoms with van der Waals surface area (Å²) in [5, 5.41) is 0.220. The van der Waals surface area contributed by atoms with Gasteiger partial charge in [-0.2, -0.15) is 0 Å². The van der Waals surface area contributed by atoms with Crippen LogP contribution in [0.5, 0.6) is 11.5 Å². The molecule has 2 aromatic rings. The van der Waals surface area contributed by atoms with E-state index in [9.17, 15) is 0 Å². The van der Waals surface area contributed by atoms with Crippen LogP contribution in [0.15, 0.2) is 30.5 Å². The standard InChI is InChI=1S/C12H11ClN2O2/c1-16-10-4-3-8(7-11(10)17-2)9-5-6-14-12(13)15-9/h3-7H,1-2H3. The first kappa shape index (κ1) is 11.7. The topological polar surface area (TPSA) is 44.2 Å². The quantitative estimate of drug-likeness (QED) is 0.786. The van der Waals surface area contributed by atoms with Crippen molar-refractivity contribution in [2.75, 3.05) is 14.2 Å². The summed E-state index contributed by atoms with van der Waals surface area (Å²) in [5.41, 5.74) is 1.64. The molecule has 1 aromatic heterocycles. The minimum atomic E-state index is 0.220. The van der Waals surface area contributed by atoms with E-state index in [0.29, 0.717) is 11.5 Å². The van der Waals surface area contributed by atoms with E-state index in [0.717, 1.165) is 11.3 Å². The molecule has 0 N–H and O–H groups in total. The highest BCUT2D eigenvalue weighted by molar-refractivity contribution is 6.28. The van der Waals surface area contributed by atoms with Crippen LogP contribution in [0.3, 0.4) is 0 Å². The molecular weight excluding hydrogens is 240 g/mol. The Morgan fingerprint density at radius 2 is 1.82 bits per heavy atom. The molecule has 1 heterocycles. The molecule has 4 nitrogen and oxygen atoms in total. The minimum absolute atomic E-state index is 0.220. The molecule has 88 valence electrons. The van der Waals surface area contributed by atoms with Gasteiger partial charge < -0.3 is 9.47 Å². The van der Waals surface area contributed by atoms with Crippen LogP contribution in [0.4, 0.5) is 0 Å². The first-order chi connectivity index (χ1) is 8.24. The molecule has 0 bridgehead atoms. The zero-order chi connectivity index (χ0) is 12.3. The van der Waals surface area contributed by atoms with Crippen molar-refractivity contribution in [3.8, 4) is 22.8 Å². The second kappa shape index (κ2) is 5.01. The monoisotopic (exact) mass is 250 g/mol. The van der Waals surface area contributed by atoms with Crippen molar-refractivity contribution in [3.63, 3.8) is 0 Å². The molecule has 1 aromatic carbocycles. The molecule has 0 amide bonds. The van der Waals surface area contributed by atoms with Crippen molar-refractivity contribution < 1.29 is 9.47 Å². The Morgan fingerprint density at radius 3 is 2.47 bits per heavy atom. The lowest BCUT2D eigenvalue weighted by Gasteiger charge is -2.09. The maximum Gasteiger partial charge on any atom is 0.222 e. The van der Waals surface area contributed by atoms with Crippen LogP contribution < -0.4 is 9.47 Å².